The SMILES string of the molecule is CSc1ccc(CC(=O)Nc2nnc(-c3cc(Cl)sc3Cl)o2)cc1. The Morgan fingerprint density at radius 2 is 2.04 bits per heavy atom. The quantitative estimate of drug-likeness (QED) is 0.610. The maximum atomic E-state index is 12.1. The van der Waals surface area contributed by atoms with Gasteiger partial charge in [-0.3, -0.25) is 10.1 Å². The molecule has 0 aliphatic rings. The van der Waals surface area contributed by atoms with Gasteiger partial charge in [-0.2, -0.15) is 0 Å². The van der Waals surface area contributed by atoms with Gasteiger partial charge in [-0.25, -0.2) is 0 Å². The third kappa shape index (κ3) is 4.10. The summed E-state index contributed by atoms with van der Waals surface area (Å²) >= 11 is 14.8. The Labute approximate surface area is 156 Å². The first-order chi connectivity index (χ1) is 11.5. The Balaban J connectivity index is 1.65. The van der Waals surface area contributed by atoms with E-state index in [4.69, 9.17) is 27.6 Å². The van der Waals surface area contributed by atoms with Gasteiger partial charge in [-0.15, -0.1) is 28.2 Å². The largest absolute Gasteiger partial charge is 0.403 e. The maximum Gasteiger partial charge on any atom is 0.322 e. The molecule has 0 atom stereocenters. The number of aromatic nitrogens is 2. The van der Waals surface area contributed by atoms with E-state index in [1.807, 2.05) is 30.5 Å². The number of nitrogens with one attached hydrogen (secondary N) is 1. The molecule has 0 spiro atoms. The van der Waals surface area contributed by atoms with Gasteiger partial charge in [0.2, 0.25) is 5.91 Å². The fourth-order valence-corrected chi connectivity index (χ4v) is 3.82. The lowest BCUT2D eigenvalue weighted by atomic mass is 10.1. The van der Waals surface area contributed by atoms with Gasteiger partial charge in [0.1, 0.15) is 4.34 Å². The molecule has 0 radical (unpaired) electrons. The van der Waals surface area contributed by atoms with Crippen LogP contribution in [0.15, 0.2) is 39.6 Å². The highest BCUT2D eigenvalue weighted by Gasteiger charge is 2.16. The van der Waals surface area contributed by atoms with Gasteiger partial charge in [0.05, 0.1) is 16.3 Å². The van der Waals surface area contributed by atoms with E-state index in [9.17, 15) is 4.79 Å². The van der Waals surface area contributed by atoms with Crippen molar-refractivity contribution in [3.8, 4) is 11.5 Å². The van der Waals surface area contributed by atoms with Crippen LogP contribution in [0.5, 0.6) is 0 Å². The van der Waals surface area contributed by atoms with Crippen molar-refractivity contribution in [1.82, 2.24) is 10.2 Å². The summed E-state index contributed by atoms with van der Waals surface area (Å²) in [6, 6.07) is 9.44. The molecule has 1 N–H and O–H groups in total. The topological polar surface area (TPSA) is 68.0 Å². The summed E-state index contributed by atoms with van der Waals surface area (Å²) in [6.45, 7) is 0. The summed E-state index contributed by atoms with van der Waals surface area (Å²) in [7, 11) is 0. The van der Waals surface area contributed by atoms with Crippen LogP contribution in [-0.2, 0) is 11.2 Å². The Hall–Kier alpha value is -1.54. The minimum atomic E-state index is -0.239. The van der Waals surface area contributed by atoms with Crippen molar-refractivity contribution in [2.24, 2.45) is 0 Å². The molecule has 124 valence electrons. The molecule has 3 rings (SSSR count). The maximum absolute atomic E-state index is 12.1. The fraction of sp³-hybridized carbons (Fsp3) is 0.133. The molecule has 0 aliphatic carbocycles. The van der Waals surface area contributed by atoms with Crippen molar-refractivity contribution in [1.29, 1.82) is 0 Å². The van der Waals surface area contributed by atoms with E-state index < -0.39 is 0 Å². The van der Waals surface area contributed by atoms with E-state index in [1.54, 1.807) is 17.8 Å². The highest BCUT2D eigenvalue weighted by Crippen LogP contribution is 2.37. The van der Waals surface area contributed by atoms with Gasteiger partial charge in [-0.05, 0) is 30.0 Å². The average Bonchev–Trinajstić information content (AvgIpc) is 3.14. The molecule has 2 heterocycles. The average molecular weight is 400 g/mol. The third-order valence-corrected chi connectivity index (χ3v) is 5.31. The first-order valence-electron chi connectivity index (χ1n) is 6.76. The number of nitrogens with zero attached hydrogens (tertiary/aromatic N) is 2. The van der Waals surface area contributed by atoms with Crippen molar-refractivity contribution >= 4 is 58.2 Å². The summed E-state index contributed by atoms with van der Waals surface area (Å²) in [4.78, 5) is 13.2. The molecule has 1 aromatic carbocycles. The number of halogens is 2. The number of hydrogen-bond acceptors (Lipinski definition) is 6. The number of amides is 1. The van der Waals surface area contributed by atoms with E-state index in [-0.39, 0.29) is 24.2 Å². The van der Waals surface area contributed by atoms with Crippen LogP contribution in [-0.4, -0.2) is 22.4 Å². The van der Waals surface area contributed by atoms with Crippen LogP contribution in [0, 0.1) is 0 Å². The summed E-state index contributed by atoms with van der Waals surface area (Å²) in [5.74, 6) is -0.0284. The van der Waals surface area contributed by atoms with Crippen LogP contribution in [0.4, 0.5) is 6.01 Å². The number of carbonyl (C=O) groups is 1. The van der Waals surface area contributed by atoms with Gasteiger partial charge in [0.25, 0.3) is 5.89 Å². The molecule has 24 heavy (non-hydrogen) atoms. The normalized spacial score (nSPS) is 10.8. The Kier molecular flexibility index (Phi) is 5.45. The number of carbonyl (C=O) groups excluding carboxylic acids is 1. The summed E-state index contributed by atoms with van der Waals surface area (Å²) in [5, 5.41) is 10.3. The molecular formula is C15H11Cl2N3O2S2. The number of thioether (sulfide) groups is 1. The van der Waals surface area contributed by atoms with Crippen LogP contribution < -0.4 is 5.32 Å². The van der Waals surface area contributed by atoms with Crippen LogP contribution in [0.1, 0.15) is 5.56 Å². The smallest absolute Gasteiger partial charge is 0.322 e. The summed E-state index contributed by atoms with van der Waals surface area (Å²) < 4.78 is 6.39. The number of thiophene rings is 1. The van der Waals surface area contributed by atoms with Crippen molar-refractivity contribution in [3.63, 3.8) is 0 Å². The molecule has 0 aliphatic heterocycles. The van der Waals surface area contributed by atoms with Crippen molar-refractivity contribution in [2.45, 2.75) is 11.3 Å². The number of hydrogen-bond donors (Lipinski definition) is 1. The molecule has 5 nitrogen and oxygen atoms in total. The van der Waals surface area contributed by atoms with Crippen LogP contribution in [0.3, 0.4) is 0 Å². The van der Waals surface area contributed by atoms with Gasteiger partial charge < -0.3 is 4.42 Å². The van der Waals surface area contributed by atoms with Gasteiger partial charge in [0, 0.05) is 4.90 Å². The zero-order valence-electron chi connectivity index (χ0n) is 12.4. The lowest BCUT2D eigenvalue weighted by Crippen LogP contribution is -2.14. The van der Waals surface area contributed by atoms with E-state index in [0.717, 1.165) is 10.5 Å². The molecule has 0 saturated carbocycles. The van der Waals surface area contributed by atoms with Crippen LogP contribution in [0.25, 0.3) is 11.5 Å². The molecule has 0 saturated heterocycles. The zero-order chi connectivity index (χ0) is 17.1. The molecule has 0 unspecified atom stereocenters. The predicted octanol–water partition coefficient (Wildman–Crippen LogP) is 5.01. The highest BCUT2D eigenvalue weighted by atomic mass is 35.5. The molecule has 0 bridgehead atoms. The second-order valence-corrected chi connectivity index (χ2v) is 7.89. The van der Waals surface area contributed by atoms with Crippen LogP contribution >= 0.6 is 46.3 Å². The standard InChI is InChI=1S/C15H11Cl2N3O2S2/c1-23-9-4-2-8(3-5-9)6-12(21)18-15-20-19-14(22-15)10-7-11(16)24-13(10)17/h2-5,7H,6H2,1H3,(H,18,20,21). The van der Waals surface area contributed by atoms with Crippen molar-refractivity contribution in [3.05, 3.63) is 44.6 Å². The third-order valence-electron chi connectivity index (χ3n) is 3.08. The van der Waals surface area contributed by atoms with Gasteiger partial charge in [-0.1, -0.05) is 40.4 Å². The second kappa shape index (κ2) is 7.57. The molecule has 9 heteroatoms. The summed E-state index contributed by atoms with van der Waals surface area (Å²) in [6.07, 6.45) is 2.22. The van der Waals surface area contributed by atoms with E-state index in [2.05, 4.69) is 15.5 Å². The zero-order valence-corrected chi connectivity index (χ0v) is 15.5. The predicted molar refractivity (Wildman–Crippen MR) is 98.2 cm³/mol. The molecular weight excluding hydrogens is 389 g/mol. The van der Waals surface area contributed by atoms with Gasteiger partial charge in [0.15, 0.2) is 0 Å². The molecule has 0 fully saturated rings. The first-order valence-corrected chi connectivity index (χ1v) is 9.56. The van der Waals surface area contributed by atoms with E-state index >= 15 is 0 Å². The van der Waals surface area contributed by atoms with Crippen LogP contribution in [0.2, 0.25) is 8.67 Å². The fourth-order valence-electron chi connectivity index (χ4n) is 1.96. The lowest BCUT2D eigenvalue weighted by Gasteiger charge is -2.02. The van der Waals surface area contributed by atoms with E-state index in [1.165, 1.54) is 11.3 Å². The first kappa shape index (κ1) is 17.3. The molecule has 2 aromatic heterocycles. The number of rotatable bonds is 5. The molecule has 3 aromatic rings. The summed E-state index contributed by atoms with van der Waals surface area (Å²) in [5.41, 5.74) is 1.45. The minimum absolute atomic E-state index is 0.0223. The lowest BCUT2D eigenvalue weighted by molar-refractivity contribution is -0.115. The second-order valence-electron chi connectivity index (χ2n) is 4.72. The van der Waals surface area contributed by atoms with Crippen molar-refractivity contribution < 1.29 is 9.21 Å². The molecule has 1 amide bonds. The Morgan fingerprint density at radius 1 is 1.29 bits per heavy atom. The van der Waals surface area contributed by atoms with E-state index in [0.29, 0.717) is 14.2 Å². The Morgan fingerprint density at radius 3 is 2.67 bits per heavy atom. The number of benzene rings is 1. The highest BCUT2D eigenvalue weighted by molar-refractivity contribution is 7.98. The van der Waals surface area contributed by atoms with Gasteiger partial charge >= 0.3 is 6.01 Å². The minimum Gasteiger partial charge on any atom is -0.403 e. The monoisotopic (exact) mass is 399 g/mol. The number of anilines is 1. The van der Waals surface area contributed by atoms with Crippen molar-refractivity contribution in [2.75, 3.05) is 11.6 Å². The Bertz CT molecular complexity index is 862.